The first-order valence-corrected chi connectivity index (χ1v) is 4.27. The zero-order valence-corrected chi connectivity index (χ0v) is 5.47. The van der Waals surface area contributed by atoms with E-state index in [9.17, 15) is 0 Å². The highest BCUT2D eigenvalue weighted by molar-refractivity contribution is 8.76. The van der Waals surface area contributed by atoms with Crippen LogP contribution in [0.2, 0.25) is 0 Å². The smallest absolute Gasteiger partial charge is 0.106 e. The second kappa shape index (κ2) is 3.84. The Bertz CT molecular complexity index is 30.0. The fourth-order valence-electron chi connectivity index (χ4n) is 0.139. The highest BCUT2D eigenvalue weighted by atomic mass is 33.1. The van der Waals surface area contributed by atoms with Crippen molar-refractivity contribution in [3.63, 3.8) is 0 Å². The SMILES string of the molecule is CSSC(C)O. The van der Waals surface area contributed by atoms with Gasteiger partial charge in [-0.25, -0.2) is 0 Å². The maximum Gasteiger partial charge on any atom is 0.106 e. The molecular formula is C3H8OS2. The van der Waals surface area contributed by atoms with Gasteiger partial charge in [-0.3, -0.25) is 0 Å². The Morgan fingerprint density at radius 3 is 2.17 bits per heavy atom. The van der Waals surface area contributed by atoms with Crippen molar-refractivity contribution < 1.29 is 5.11 Å². The van der Waals surface area contributed by atoms with Crippen molar-refractivity contribution in [2.24, 2.45) is 0 Å². The standard InChI is InChI=1S/C3H8OS2/c1-3(4)6-5-2/h3-4H,1-2H3. The highest BCUT2D eigenvalue weighted by Gasteiger charge is 1.88. The molecule has 0 bridgehead atoms. The molecule has 0 aliphatic carbocycles. The lowest BCUT2D eigenvalue weighted by Crippen LogP contribution is -1.85. The highest BCUT2D eigenvalue weighted by Crippen LogP contribution is 2.20. The van der Waals surface area contributed by atoms with E-state index in [1.165, 1.54) is 10.8 Å². The van der Waals surface area contributed by atoms with Crippen molar-refractivity contribution >= 4 is 21.6 Å². The molecule has 0 rings (SSSR count). The number of hydrogen-bond donors (Lipinski definition) is 1. The van der Waals surface area contributed by atoms with Crippen LogP contribution in [0.15, 0.2) is 0 Å². The van der Waals surface area contributed by atoms with Gasteiger partial charge < -0.3 is 5.11 Å². The predicted octanol–water partition coefficient (Wildman–Crippen LogP) is 1.34. The molecule has 38 valence electrons. The van der Waals surface area contributed by atoms with Crippen LogP contribution in [0.4, 0.5) is 0 Å². The van der Waals surface area contributed by atoms with E-state index in [-0.39, 0.29) is 5.44 Å². The van der Waals surface area contributed by atoms with E-state index >= 15 is 0 Å². The fourth-order valence-corrected chi connectivity index (χ4v) is 1.25. The molecule has 0 fully saturated rings. The number of aliphatic hydroxyl groups excluding tert-OH is 1. The van der Waals surface area contributed by atoms with Crippen LogP contribution in [0.25, 0.3) is 0 Å². The monoisotopic (exact) mass is 124 g/mol. The topological polar surface area (TPSA) is 20.2 Å². The first-order valence-electron chi connectivity index (χ1n) is 1.65. The molecule has 0 aliphatic rings. The van der Waals surface area contributed by atoms with Gasteiger partial charge in [-0.1, -0.05) is 21.6 Å². The second-order valence-corrected chi connectivity index (χ2v) is 3.65. The predicted molar refractivity (Wildman–Crippen MR) is 32.8 cm³/mol. The number of rotatable bonds is 2. The summed E-state index contributed by atoms with van der Waals surface area (Å²) in [6.07, 6.45) is 1.94. The van der Waals surface area contributed by atoms with Gasteiger partial charge in [0.15, 0.2) is 0 Å². The summed E-state index contributed by atoms with van der Waals surface area (Å²) >= 11 is 0. The summed E-state index contributed by atoms with van der Waals surface area (Å²) in [5.41, 5.74) is -0.222. The van der Waals surface area contributed by atoms with Gasteiger partial charge in [-0.2, -0.15) is 0 Å². The Kier molecular flexibility index (Phi) is 4.26. The Labute approximate surface area is 45.9 Å². The summed E-state index contributed by atoms with van der Waals surface area (Å²) in [5.74, 6) is 0. The zero-order chi connectivity index (χ0) is 4.99. The summed E-state index contributed by atoms with van der Waals surface area (Å²) in [7, 11) is 3.03. The van der Waals surface area contributed by atoms with Gasteiger partial charge in [-0.15, -0.1) is 0 Å². The molecule has 1 atom stereocenters. The minimum Gasteiger partial charge on any atom is -0.382 e. The van der Waals surface area contributed by atoms with Crippen molar-refractivity contribution in [3.8, 4) is 0 Å². The average molecular weight is 124 g/mol. The van der Waals surface area contributed by atoms with Crippen LogP contribution in [-0.2, 0) is 0 Å². The van der Waals surface area contributed by atoms with Crippen LogP contribution < -0.4 is 0 Å². The van der Waals surface area contributed by atoms with Crippen LogP contribution in [0.1, 0.15) is 6.92 Å². The van der Waals surface area contributed by atoms with E-state index in [0.29, 0.717) is 0 Å². The molecule has 0 amide bonds. The first kappa shape index (κ1) is 6.66. The van der Waals surface area contributed by atoms with Gasteiger partial charge in [0.25, 0.3) is 0 Å². The molecule has 0 spiro atoms. The summed E-state index contributed by atoms with van der Waals surface area (Å²) in [6.45, 7) is 1.75. The third kappa shape index (κ3) is 4.66. The van der Waals surface area contributed by atoms with Gasteiger partial charge >= 0.3 is 0 Å². The van der Waals surface area contributed by atoms with Gasteiger partial charge in [0, 0.05) is 0 Å². The summed E-state index contributed by atoms with van der Waals surface area (Å²) in [5, 5.41) is 8.49. The molecule has 3 heteroatoms. The van der Waals surface area contributed by atoms with Crippen molar-refractivity contribution in [3.05, 3.63) is 0 Å². The minimum absolute atomic E-state index is 0.222. The molecule has 0 saturated heterocycles. The lowest BCUT2D eigenvalue weighted by molar-refractivity contribution is 0.285. The van der Waals surface area contributed by atoms with Gasteiger partial charge in [0.2, 0.25) is 0 Å². The molecule has 0 aromatic carbocycles. The zero-order valence-electron chi connectivity index (χ0n) is 3.84. The molecular weight excluding hydrogens is 116 g/mol. The molecule has 0 heterocycles. The van der Waals surface area contributed by atoms with E-state index < -0.39 is 0 Å². The van der Waals surface area contributed by atoms with Crippen molar-refractivity contribution in [1.82, 2.24) is 0 Å². The molecule has 0 aromatic rings. The third-order valence-corrected chi connectivity index (χ3v) is 2.12. The van der Waals surface area contributed by atoms with Crippen LogP contribution >= 0.6 is 21.6 Å². The maximum absolute atomic E-state index is 8.49. The fraction of sp³-hybridized carbons (Fsp3) is 1.00. The average Bonchev–Trinajstić information content (AvgIpc) is 1.35. The van der Waals surface area contributed by atoms with Crippen molar-refractivity contribution in [2.75, 3.05) is 6.26 Å². The van der Waals surface area contributed by atoms with Crippen LogP contribution in [-0.4, -0.2) is 16.8 Å². The third-order valence-electron chi connectivity index (χ3n) is 0.235. The van der Waals surface area contributed by atoms with Crippen LogP contribution in [0, 0.1) is 0 Å². The maximum atomic E-state index is 8.49. The van der Waals surface area contributed by atoms with E-state index in [4.69, 9.17) is 5.11 Å². The summed E-state index contributed by atoms with van der Waals surface area (Å²) in [4.78, 5) is 0. The molecule has 1 unspecified atom stereocenters. The number of aliphatic hydroxyl groups is 1. The van der Waals surface area contributed by atoms with E-state index in [2.05, 4.69) is 0 Å². The Balaban J connectivity index is 2.63. The van der Waals surface area contributed by atoms with E-state index in [0.717, 1.165) is 0 Å². The largest absolute Gasteiger partial charge is 0.382 e. The molecule has 0 saturated carbocycles. The Morgan fingerprint density at radius 2 is 2.17 bits per heavy atom. The Morgan fingerprint density at radius 1 is 1.67 bits per heavy atom. The van der Waals surface area contributed by atoms with E-state index in [1.54, 1.807) is 17.7 Å². The van der Waals surface area contributed by atoms with Crippen molar-refractivity contribution in [2.45, 2.75) is 12.4 Å². The Hall–Kier alpha value is 0.660. The first-order chi connectivity index (χ1) is 2.77. The molecule has 1 nitrogen and oxygen atoms in total. The molecule has 0 aromatic heterocycles. The minimum atomic E-state index is -0.222. The van der Waals surface area contributed by atoms with Crippen molar-refractivity contribution in [1.29, 1.82) is 0 Å². The molecule has 0 radical (unpaired) electrons. The normalized spacial score (nSPS) is 14.5. The molecule has 0 aliphatic heterocycles. The lowest BCUT2D eigenvalue weighted by atomic mass is 10.9. The number of hydrogen-bond acceptors (Lipinski definition) is 3. The van der Waals surface area contributed by atoms with Gasteiger partial charge in [-0.05, 0) is 13.2 Å². The lowest BCUT2D eigenvalue weighted by Gasteiger charge is -1.94. The second-order valence-electron chi connectivity index (χ2n) is 0.862. The molecule has 6 heavy (non-hydrogen) atoms. The van der Waals surface area contributed by atoms with Crippen LogP contribution in [0.5, 0.6) is 0 Å². The van der Waals surface area contributed by atoms with Gasteiger partial charge in [0.1, 0.15) is 5.44 Å². The van der Waals surface area contributed by atoms with Crippen LogP contribution in [0.3, 0.4) is 0 Å². The quantitative estimate of drug-likeness (QED) is 0.443. The summed E-state index contributed by atoms with van der Waals surface area (Å²) in [6, 6.07) is 0. The van der Waals surface area contributed by atoms with Gasteiger partial charge in [0.05, 0.1) is 0 Å². The summed E-state index contributed by atoms with van der Waals surface area (Å²) < 4.78 is 0. The molecule has 1 N–H and O–H groups in total. The van der Waals surface area contributed by atoms with E-state index in [1.807, 2.05) is 6.26 Å².